The molecule has 1 aromatic heterocycles. The van der Waals surface area contributed by atoms with E-state index in [0.29, 0.717) is 10.7 Å². The number of rotatable bonds is 5. The Kier molecular flexibility index (Phi) is 3.93. The van der Waals surface area contributed by atoms with Crippen LogP contribution in [0.2, 0.25) is 0 Å². The third kappa shape index (κ3) is 2.98. The number of nitro groups is 1. The van der Waals surface area contributed by atoms with Crippen LogP contribution in [0.5, 0.6) is 5.75 Å². The number of benzene rings is 1. The first kappa shape index (κ1) is 13.2. The summed E-state index contributed by atoms with van der Waals surface area (Å²) in [5.41, 5.74) is 2.98. The van der Waals surface area contributed by atoms with Gasteiger partial charge in [-0.25, -0.2) is 10.8 Å². The van der Waals surface area contributed by atoms with Crippen LogP contribution in [0, 0.1) is 17.0 Å². The third-order valence-electron chi connectivity index (χ3n) is 2.43. The number of nitrogens with zero attached hydrogens (tertiary/aromatic N) is 2. The molecular weight excluding hydrogens is 268 g/mol. The van der Waals surface area contributed by atoms with Crippen molar-refractivity contribution in [2.45, 2.75) is 13.5 Å². The molecule has 1 heterocycles. The molecule has 1 aromatic carbocycles. The van der Waals surface area contributed by atoms with Crippen LogP contribution in [0.4, 0.5) is 10.8 Å². The fraction of sp³-hybridized carbons (Fsp3) is 0.182. The summed E-state index contributed by atoms with van der Waals surface area (Å²) in [5, 5.41) is 11.6. The Labute approximate surface area is 113 Å². The van der Waals surface area contributed by atoms with E-state index in [2.05, 4.69) is 10.4 Å². The summed E-state index contributed by atoms with van der Waals surface area (Å²) in [6, 6.07) is 4.97. The summed E-state index contributed by atoms with van der Waals surface area (Å²) < 4.78 is 5.48. The van der Waals surface area contributed by atoms with Gasteiger partial charge in [0.2, 0.25) is 0 Å². The molecular formula is C11H12N4O3S. The molecule has 2 rings (SSSR count). The molecule has 7 nitrogen and oxygen atoms in total. The average Bonchev–Trinajstić information content (AvgIpc) is 2.83. The lowest BCUT2D eigenvalue weighted by atomic mass is 10.2. The average molecular weight is 280 g/mol. The molecule has 3 N–H and O–H groups in total. The van der Waals surface area contributed by atoms with Gasteiger partial charge in [-0.1, -0.05) is 23.5 Å². The topological polar surface area (TPSA) is 103 Å². The number of nitrogen functional groups attached to an aromatic ring is 1. The summed E-state index contributed by atoms with van der Waals surface area (Å²) in [5.74, 6) is 5.47. The van der Waals surface area contributed by atoms with E-state index in [1.54, 1.807) is 31.3 Å². The molecule has 0 atom stereocenters. The highest BCUT2D eigenvalue weighted by Crippen LogP contribution is 2.31. The first-order valence-corrected chi connectivity index (χ1v) is 6.21. The number of hydrogen-bond acceptors (Lipinski definition) is 7. The Bertz CT molecular complexity index is 599. The Morgan fingerprint density at radius 1 is 1.58 bits per heavy atom. The van der Waals surface area contributed by atoms with E-state index < -0.39 is 4.92 Å². The van der Waals surface area contributed by atoms with E-state index in [4.69, 9.17) is 10.6 Å². The van der Waals surface area contributed by atoms with Gasteiger partial charge in [0.15, 0.2) is 10.9 Å². The molecule has 0 saturated heterocycles. The van der Waals surface area contributed by atoms with Crippen molar-refractivity contribution in [3.05, 3.63) is 45.0 Å². The summed E-state index contributed by atoms with van der Waals surface area (Å²) in [6.07, 6.45) is 1.61. The van der Waals surface area contributed by atoms with Crippen molar-refractivity contribution in [2.75, 3.05) is 5.43 Å². The van der Waals surface area contributed by atoms with Crippen LogP contribution < -0.4 is 16.0 Å². The maximum atomic E-state index is 11.0. The van der Waals surface area contributed by atoms with Crippen molar-refractivity contribution in [1.29, 1.82) is 0 Å². The van der Waals surface area contributed by atoms with Crippen LogP contribution in [0.3, 0.4) is 0 Å². The highest BCUT2D eigenvalue weighted by atomic mass is 32.1. The normalized spacial score (nSPS) is 10.2. The predicted molar refractivity (Wildman–Crippen MR) is 72.1 cm³/mol. The number of aryl methyl sites for hydroxylation is 1. The molecule has 0 aliphatic heterocycles. The van der Waals surface area contributed by atoms with Crippen LogP contribution in [-0.2, 0) is 6.61 Å². The molecule has 0 aliphatic rings. The maximum Gasteiger partial charge on any atom is 0.313 e. The van der Waals surface area contributed by atoms with Crippen molar-refractivity contribution >= 4 is 22.2 Å². The molecule has 0 bridgehead atoms. The van der Waals surface area contributed by atoms with Crippen LogP contribution in [0.15, 0.2) is 24.4 Å². The quantitative estimate of drug-likeness (QED) is 0.494. The van der Waals surface area contributed by atoms with Crippen LogP contribution in [0.25, 0.3) is 0 Å². The first-order valence-electron chi connectivity index (χ1n) is 5.40. The fourth-order valence-electron chi connectivity index (χ4n) is 1.57. The van der Waals surface area contributed by atoms with Crippen LogP contribution in [-0.4, -0.2) is 9.91 Å². The Morgan fingerprint density at radius 3 is 3.00 bits per heavy atom. The molecule has 0 spiro atoms. The minimum absolute atomic E-state index is 0.0100. The van der Waals surface area contributed by atoms with E-state index in [-0.39, 0.29) is 18.0 Å². The number of thiazole rings is 1. The number of hydrogen-bond donors (Lipinski definition) is 2. The number of nitrogens with two attached hydrogens (primary N) is 1. The number of nitrogens with one attached hydrogen (secondary N) is 1. The molecule has 100 valence electrons. The van der Waals surface area contributed by atoms with Crippen molar-refractivity contribution in [3.63, 3.8) is 0 Å². The highest BCUT2D eigenvalue weighted by molar-refractivity contribution is 7.15. The summed E-state index contributed by atoms with van der Waals surface area (Å²) >= 11 is 1.33. The third-order valence-corrected chi connectivity index (χ3v) is 3.33. The van der Waals surface area contributed by atoms with Gasteiger partial charge in [-0.3, -0.25) is 15.5 Å². The lowest BCUT2D eigenvalue weighted by Crippen LogP contribution is -2.05. The molecule has 8 heteroatoms. The van der Waals surface area contributed by atoms with Crippen molar-refractivity contribution < 1.29 is 9.66 Å². The SMILES string of the molecule is Cc1cccc(OCc2cnc(NN)s2)c1[N+](=O)[O-]. The molecule has 0 radical (unpaired) electrons. The lowest BCUT2D eigenvalue weighted by molar-refractivity contribution is -0.386. The van der Waals surface area contributed by atoms with Gasteiger partial charge in [-0.2, -0.15) is 0 Å². The van der Waals surface area contributed by atoms with Gasteiger partial charge in [0, 0.05) is 11.8 Å². The molecule has 19 heavy (non-hydrogen) atoms. The smallest absolute Gasteiger partial charge is 0.313 e. The summed E-state index contributed by atoms with van der Waals surface area (Å²) in [4.78, 5) is 15.4. The Balaban J connectivity index is 2.15. The molecule has 0 unspecified atom stereocenters. The number of nitro benzene ring substituents is 1. The largest absolute Gasteiger partial charge is 0.481 e. The van der Waals surface area contributed by atoms with Gasteiger partial charge in [0.1, 0.15) is 6.61 Å². The summed E-state index contributed by atoms with van der Waals surface area (Å²) in [7, 11) is 0. The lowest BCUT2D eigenvalue weighted by Gasteiger charge is -2.06. The van der Waals surface area contributed by atoms with E-state index in [1.165, 1.54) is 11.3 Å². The number of para-hydroxylation sites is 1. The molecule has 2 aromatic rings. The van der Waals surface area contributed by atoms with Crippen molar-refractivity contribution in [3.8, 4) is 5.75 Å². The van der Waals surface area contributed by atoms with Gasteiger partial charge >= 0.3 is 5.69 Å². The minimum Gasteiger partial charge on any atom is -0.481 e. The van der Waals surface area contributed by atoms with Crippen molar-refractivity contribution in [2.24, 2.45) is 5.84 Å². The number of ether oxygens (including phenoxy) is 1. The van der Waals surface area contributed by atoms with Crippen LogP contribution >= 0.6 is 11.3 Å². The highest BCUT2D eigenvalue weighted by Gasteiger charge is 2.18. The van der Waals surface area contributed by atoms with E-state index in [0.717, 1.165) is 4.88 Å². The zero-order chi connectivity index (χ0) is 13.8. The van der Waals surface area contributed by atoms with Gasteiger partial charge in [-0.05, 0) is 13.0 Å². The number of hydrazine groups is 1. The van der Waals surface area contributed by atoms with Gasteiger partial charge < -0.3 is 4.74 Å². The van der Waals surface area contributed by atoms with E-state index in [9.17, 15) is 10.1 Å². The second-order valence-electron chi connectivity index (χ2n) is 3.74. The predicted octanol–water partition coefficient (Wildman–Crippen LogP) is 2.22. The zero-order valence-corrected chi connectivity index (χ0v) is 10.9. The first-order chi connectivity index (χ1) is 9.11. The Morgan fingerprint density at radius 2 is 2.37 bits per heavy atom. The van der Waals surface area contributed by atoms with E-state index >= 15 is 0 Å². The van der Waals surface area contributed by atoms with Gasteiger partial charge in [-0.15, -0.1) is 0 Å². The maximum absolute atomic E-state index is 11.0. The van der Waals surface area contributed by atoms with Crippen molar-refractivity contribution in [1.82, 2.24) is 4.98 Å². The fourth-order valence-corrected chi connectivity index (χ4v) is 2.21. The Hall–Kier alpha value is -2.19. The van der Waals surface area contributed by atoms with Gasteiger partial charge in [0.25, 0.3) is 0 Å². The summed E-state index contributed by atoms with van der Waals surface area (Å²) in [6.45, 7) is 1.89. The number of aromatic nitrogens is 1. The molecule has 0 amide bonds. The second-order valence-corrected chi connectivity index (χ2v) is 4.86. The van der Waals surface area contributed by atoms with E-state index in [1.807, 2.05) is 0 Å². The second kappa shape index (κ2) is 5.63. The van der Waals surface area contributed by atoms with Gasteiger partial charge in [0.05, 0.1) is 9.80 Å². The van der Waals surface area contributed by atoms with Crippen LogP contribution in [0.1, 0.15) is 10.4 Å². The monoisotopic (exact) mass is 280 g/mol. The molecule has 0 fully saturated rings. The standard InChI is InChI=1S/C11H12N4O3S/c1-7-3-2-4-9(10(7)15(16)17)18-6-8-5-13-11(14-12)19-8/h2-5H,6,12H2,1H3,(H,13,14). The number of anilines is 1. The molecule has 0 saturated carbocycles. The zero-order valence-electron chi connectivity index (χ0n) is 10.1. The molecule has 0 aliphatic carbocycles. The minimum atomic E-state index is -0.440.